The van der Waals surface area contributed by atoms with Crippen molar-refractivity contribution in [2.24, 2.45) is 23.2 Å². The molecule has 0 bridgehead atoms. The van der Waals surface area contributed by atoms with Gasteiger partial charge in [0, 0.05) is 0 Å². The van der Waals surface area contributed by atoms with Gasteiger partial charge in [-0.05, 0) is 36.0 Å². The highest BCUT2D eigenvalue weighted by molar-refractivity contribution is 6.15. The van der Waals surface area contributed by atoms with Crippen LogP contribution in [0.4, 0.5) is 0 Å². The summed E-state index contributed by atoms with van der Waals surface area (Å²) < 4.78 is 0. The van der Waals surface area contributed by atoms with E-state index in [9.17, 15) is 0 Å². The van der Waals surface area contributed by atoms with Crippen molar-refractivity contribution < 1.29 is 0 Å². The molecule has 1 aliphatic carbocycles. The Labute approximate surface area is 91.3 Å². The summed E-state index contributed by atoms with van der Waals surface area (Å²) in [7, 11) is 6.25. The highest BCUT2D eigenvalue weighted by Gasteiger charge is 2.51. The zero-order chi connectivity index (χ0) is 11.1. The van der Waals surface area contributed by atoms with Gasteiger partial charge in [-0.15, -0.1) is 0 Å². The molecule has 0 amide bonds. The Balaban J connectivity index is 2.53. The summed E-state index contributed by atoms with van der Waals surface area (Å²) in [5.41, 5.74) is 0.284. The summed E-state index contributed by atoms with van der Waals surface area (Å²) in [6.07, 6.45) is 2.77. The second kappa shape index (κ2) is 3.57. The van der Waals surface area contributed by atoms with Gasteiger partial charge in [0.25, 0.3) is 0 Å². The molecule has 0 aliphatic heterocycles. The van der Waals surface area contributed by atoms with Crippen molar-refractivity contribution in [2.45, 2.75) is 59.7 Å². The molecule has 0 aromatic rings. The number of hydrogen-bond donors (Lipinski definition) is 0. The first-order valence-electron chi connectivity index (χ1n) is 5.95. The number of hydrogen-bond acceptors (Lipinski definition) is 0. The fourth-order valence-corrected chi connectivity index (χ4v) is 2.48. The summed E-state index contributed by atoms with van der Waals surface area (Å²) in [4.78, 5) is 0. The maximum Gasteiger partial charge on any atom is 0.0746 e. The molecule has 0 aromatic heterocycles. The Morgan fingerprint density at radius 3 is 2.07 bits per heavy atom. The molecule has 14 heavy (non-hydrogen) atoms. The van der Waals surface area contributed by atoms with E-state index in [4.69, 9.17) is 7.85 Å². The van der Waals surface area contributed by atoms with E-state index in [1.807, 2.05) is 0 Å². The predicted molar refractivity (Wildman–Crippen MR) is 64.6 cm³/mol. The molecular weight excluding hydrogens is 167 g/mol. The fraction of sp³-hybridized carbons (Fsp3) is 1.00. The molecule has 80 valence electrons. The minimum absolute atomic E-state index is 0.0522. The first-order chi connectivity index (χ1) is 6.16. The van der Waals surface area contributed by atoms with Gasteiger partial charge in [-0.3, -0.25) is 0 Å². The van der Waals surface area contributed by atoms with Crippen molar-refractivity contribution in [2.75, 3.05) is 0 Å². The van der Waals surface area contributed by atoms with Crippen molar-refractivity contribution in [1.82, 2.24) is 0 Å². The Hall–Kier alpha value is 0.0649. The Bertz CT molecular complexity index is 198. The maximum absolute atomic E-state index is 6.25. The molecule has 0 spiro atoms. The molecule has 1 fully saturated rings. The highest BCUT2D eigenvalue weighted by atomic mass is 14.5. The number of rotatable bonds is 4. The molecule has 0 aromatic carbocycles. The second-order valence-electron chi connectivity index (χ2n) is 6.68. The Morgan fingerprint density at radius 2 is 1.71 bits per heavy atom. The van der Waals surface area contributed by atoms with Crippen LogP contribution in [0.15, 0.2) is 0 Å². The molecule has 1 rings (SSSR count). The second-order valence-corrected chi connectivity index (χ2v) is 6.68. The van der Waals surface area contributed by atoms with Crippen LogP contribution in [0.3, 0.4) is 0 Å². The summed E-state index contributed by atoms with van der Waals surface area (Å²) in [6.45, 7) is 13.6. The lowest BCUT2D eigenvalue weighted by molar-refractivity contribution is 0.207. The summed E-state index contributed by atoms with van der Waals surface area (Å²) >= 11 is 0. The first-order valence-corrected chi connectivity index (χ1v) is 5.95. The van der Waals surface area contributed by atoms with Gasteiger partial charge in [0.2, 0.25) is 0 Å². The van der Waals surface area contributed by atoms with Crippen LogP contribution in [-0.2, 0) is 0 Å². The first kappa shape index (κ1) is 12.1. The van der Waals surface area contributed by atoms with Crippen LogP contribution in [0.25, 0.3) is 0 Å². The standard InChI is InChI=1S/C13H25B/c1-9(2)7-10-8-11(10)12(3,4)13(5,6)14/h9-11H,7-8H2,1-6H3. The summed E-state index contributed by atoms with van der Waals surface area (Å²) in [5.74, 6) is 2.62. The third-order valence-corrected chi connectivity index (χ3v) is 4.28. The lowest BCUT2D eigenvalue weighted by Gasteiger charge is -2.40. The van der Waals surface area contributed by atoms with Crippen LogP contribution in [0.1, 0.15) is 54.4 Å². The van der Waals surface area contributed by atoms with Gasteiger partial charge in [-0.1, -0.05) is 46.9 Å². The fourth-order valence-electron chi connectivity index (χ4n) is 2.48. The molecule has 0 heterocycles. The van der Waals surface area contributed by atoms with Crippen molar-refractivity contribution in [3.63, 3.8) is 0 Å². The van der Waals surface area contributed by atoms with Crippen molar-refractivity contribution in [3.8, 4) is 0 Å². The molecular formula is C13H25B. The van der Waals surface area contributed by atoms with Crippen LogP contribution in [0.2, 0.25) is 5.31 Å². The van der Waals surface area contributed by atoms with Crippen LogP contribution in [0.5, 0.6) is 0 Å². The van der Waals surface area contributed by atoms with Gasteiger partial charge in [0.1, 0.15) is 0 Å². The normalized spacial score (nSPS) is 28.2. The third-order valence-electron chi connectivity index (χ3n) is 4.28. The molecule has 0 nitrogen and oxygen atoms in total. The van der Waals surface area contributed by atoms with Crippen LogP contribution >= 0.6 is 0 Å². The summed E-state index contributed by atoms with van der Waals surface area (Å²) in [6, 6.07) is 0. The van der Waals surface area contributed by atoms with Crippen LogP contribution in [0, 0.1) is 23.2 Å². The van der Waals surface area contributed by atoms with E-state index in [1.54, 1.807) is 0 Å². The van der Waals surface area contributed by atoms with Gasteiger partial charge >= 0.3 is 0 Å². The Morgan fingerprint density at radius 1 is 1.21 bits per heavy atom. The molecule has 1 aliphatic rings. The van der Waals surface area contributed by atoms with Gasteiger partial charge in [-0.25, -0.2) is 0 Å². The van der Waals surface area contributed by atoms with Gasteiger partial charge in [-0.2, -0.15) is 0 Å². The quantitative estimate of drug-likeness (QED) is 0.589. The zero-order valence-electron chi connectivity index (χ0n) is 10.7. The minimum Gasteiger partial charge on any atom is -0.0674 e. The topological polar surface area (TPSA) is 0 Å². The van der Waals surface area contributed by atoms with Gasteiger partial charge in [0.15, 0.2) is 0 Å². The van der Waals surface area contributed by atoms with Crippen molar-refractivity contribution >= 4 is 7.85 Å². The molecule has 0 N–H and O–H groups in total. The monoisotopic (exact) mass is 192 g/mol. The van der Waals surface area contributed by atoms with E-state index >= 15 is 0 Å². The molecule has 2 unspecified atom stereocenters. The predicted octanol–water partition coefficient (Wildman–Crippen LogP) is 4.06. The van der Waals surface area contributed by atoms with Crippen LogP contribution in [-0.4, -0.2) is 7.85 Å². The zero-order valence-corrected chi connectivity index (χ0v) is 10.7. The molecule has 0 saturated heterocycles. The van der Waals surface area contributed by atoms with E-state index in [0.717, 1.165) is 17.8 Å². The van der Waals surface area contributed by atoms with E-state index < -0.39 is 0 Å². The average Bonchev–Trinajstić information content (AvgIpc) is 2.63. The Kier molecular flexibility index (Phi) is 3.10. The SMILES string of the molecule is [B]C(C)(C)C(C)(C)C1CC1CC(C)C. The maximum atomic E-state index is 6.25. The summed E-state index contributed by atoms with van der Waals surface area (Å²) in [5, 5.41) is -0.0522. The lowest BCUT2D eigenvalue weighted by Crippen LogP contribution is -2.29. The van der Waals surface area contributed by atoms with E-state index in [-0.39, 0.29) is 10.7 Å². The van der Waals surface area contributed by atoms with Gasteiger partial charge < -0.3 is 0 Å². The largest absolute Gasteiger partial charge is 0.0746 e. The van der Waals surface area contributed by atoms with Crippen LogP contribution < -0.4 is 0 Å². The smallest absolute Gasteiger partial charge is 0.0674 e. The molecule has 2 atom stereocenters. The van der Waals surface area contributed by atoms with Gasteiger partial charge in [0.05, 0.1) is 7.85 Å². The van der Waals surface area contributed by atoms with E-state index in [1.165, 1.54) is 12.8 Å². The highest BCUT2D eigenvalue weighted by Crippen LogP contribution is 2.61. The average molecular weight is 192 g/mol. The minimum atomic E-state index is -0.0522. The molecule has 1 heteroatoms. The van der Waals surface area contributed by atoms with E-state index in [2.05, 4.69) is 41.5 Å². The van der Waals surface area contributed by atoms with Crippen molar-refractivity contribution in [3.05, 3.63) is 0 Å². The lowest BCUT2D eigenvalue weighted by atomic mass is 9.54. The third kappa shape index (κ3) is 2.35. The molecule has 2 radical (unpaired) electrons. The van der Waals surface area contributed by atoms with E-state index in [0.29, 0.717) is 0 Å². The van der Waals surface area contributed by atoms with Crippen molar-refractivity contribution in [1.29, 1.82) is 0 Å². The molecule has 1 saturated carbocycles.